The number of aliphatic hydroxyl groups is 3. The Morgan fingerprint density at radius 3 is 2.18 bits per heavy atom. The number of ketones is 1. The Bertz CT molecular complexity index is 352. The maximum Gasteiger partial charge on any atom is 0.217 e. The first kappa shape index (κ1) is 20.9. The third kappa shape index (κ3) is 7.28. The monoisotopic (exact) mass is 320 g/mol. The molecule has 0 fully saturated rings. The van der Waals surface area contributed by atoms with Crippen molar-refractivity contribution < 1.29 is 29.6 Å². The van der Waals surface area contributed by atoms with E-state index in [1.165, 1.54) is 21.0 Å². The second-order valence-electron chi connectivity index (χ2n) is 5.37. The zero-order valence-corrected chi connectivity index (χ0v) is 13.4. The number of hydrogen-bond donors (Lipinski definition) is 5. The Labute approximate surface area is 130 Å². The highest BCUT2D eigenvalue weighted by Gasteiger charge is 2.33. The van der Waals surface area contributed by atoms with Gasteiger partial charge in [-0.25, -0.2) is 0 Å². The third-order valence-electron chi connectivity index (χ3n) is 3.54. The molecule has 4 unspecified atom stereocenters. The molecule has 1 amide bonds. The number of Topliss-reactive ketones (excluding diaryl/α,β-unsaturated/α-hetero) is 1. The summed E-state index contributed by atoms with van der Waals surface area (Å²) in [6.45, 7) is 2.38. The van der Waals surface area contributed by atoms with Gasteiger partial charge < -0.3 is 31.1 Å². The van der Waals surface area contributed by atoms with E-state index < -0.39 is 36.3 Å². The standard InChI is InChI=1S/C14H28N2O6/c1-8(18)10(15)4-5-12(22-3)13(16-9(2)19)14(21)11(20)6-7-17/h10-14,17,20-21H,4-7,15H2,1-3H3,(H,16,19)/t10?,11-,12?,13?,14?/m0/s1. The highest BCUT2D eigenvalue weighted by Crippen LogP contribution is 2.15. The Morgan fingerprint density at radius 1 is 1.18 bits per heavy atom. The molecule has 0 radical (unpaired) electrons. The fourth-order valence-electron chi connectivity index (χ4n) is 2.17. The van der Waals surface area contributed by atoms with Crippen molar-refractivity contribution in [1.82, 2.24) is 5.32 Å². The topological polar surface area (TPSA) is 142 Å². The van der Waals surface area contributed by atoms with Gasteiger partial charge in [0.2, 0.25) is 5.91 Å². The zero-order chi connectivity index (χ0) is 17.3. The summed E-state index contributed by atoms with van der Waals surface area (Å²) in [5.41, 5.74) is 5.67. The number of nitrogens with two attached hydrogens (primary N) is 1. The normalized spacial score (nSPS) is 18.1. The number of hydrogen-bond acceptors (Lipinski definition) is 7. The van der Waals surface area contributed by atoms with Crippen LogP contribution in [0.1, 0.15) is 33.1 Å². The van der Waals surface area contributed by atoms with Crippen LogP contribution in [0.5, 0.6) is 0 Å². The molecule has 0 aromatic rings. The molecule has 0 rings (SSSR count). The lowest BCUT2D eigenvalue weighted by atomic mass is 9.93. The smallest absolute Gasteiger partial charge is 0.217 e. The van der Waals surface area contributed by atoms with Gasteiger partial charge in [0, 0.05) is 20.6 Å². The van der Waals surface area contributed by atoms with Crippen molar-refractivity contribution >= 4 is 11.7 Å². The quantitative estimate of drug-likeness (QED) is 0.305. The van der Waals surface area contributed by atoms with Gasteiger partial charge in [-0.1, -0.05) is 0 Å². The third-order valence-corrected chi connectivity index (χ3v) is 3.54. The minimum atomic E-state index is -1.31. The van der Waals surface area contributed by atoms with E-state index in [9.17, 15) is 19.8 Å². The Hall–Kier alpha value is -1.06. The highest BCUT2D eigenvalue weighted by molar-refractivity contribution is 5.81. The molecule has 0 aromatic carbocycles. The number of methoxy groups -OCH3 is 1. The van der Waals surface area contributed by atoms with Crippen LogP contribution in [-0.2, 0) is 14.3 Å². The van der Waals surface area contributed by atoms with Crippen LogP contribution >= 0.6 is 0 Å². The van der Waals surface area contributed by atoms with E-state index in [1.807, 2.05) is 0 Å². The van der Waals surface area contributed by atoms with Crippen LogP contribution in [0.15, 0.2) is 0 Å². The van der Waals surface area contributed by atoms with Crippen LogP contribution in [-0.4, -0.2) is 71.1 Å². The molecule has 8 nitrogen and oxygen atoms in total. The molecule has 0 aliphatic heterocycles. The molecule has 0 heterocycles. The van der Waals surface area contributed by atoms with Gasteiger partial charge in [0.1, 0.15) is 11.9 Å². The Balaban J connectivity index is 4.93. The summed E-state index contributed by atoms with van der Waals surface area (Å²) in [4.78, 5) is 22.5. The molecule has 5 atom stereocenters. The van der Waals surface area contributed by atoms with Crippen molar-refractivity contribution in [1.29, 1.82) is 0 Å². The van der Waals surface area contributed by atoms with Crippen LogP contribution in [0.3, 0.4) is 0 Å². The van der Waals surface area contributed by atoms with Crippen molar-refractivity contribution in [2.24, 2.45) is 5.73 Å². The maximum atomic E-state index is 11.3. The van der Waals surface area contributed by atoms with Crippen LogP contribution in [0, 0.1) is 0 Å². The highest BCUT2D eigenvalue weighted by atomic mass is 16.5. The summed E-state index contributed by atoms with van der Waals surface area (Å²) in [6.07, 6.45) is -2.52. The Morgan fingerprint density at radius 2 is 1.77 bits per heavy atom. The molecule has 130 valence electrons. The molecule has 0 saturated heterocycles. The van der Waals surface area contributed by atoms with E-state index in [-0.39, 0.29) is 18.8 Å². The average Bonchev–Trinajstić information content (AvgIpc) is 2.45. The minimum absolute atomic E-state index is 0.0271. The van der Waals surface area contributed by atoms with E-state index in [2.05, 4.69) is 5.32 Å². The minimum Gasteiger partial charge on any atom is -0.396 e. The number of rotatable bonds is 11. The summed E-state index contributed by atoms with van der Waals surface area (Å²) in [6, 6.07) is -1.52. The van der Waals surface area contributed by atoms with E-state index >= 15 is 0 Å². The molecule has 0 saturated carbocycles. The van der Waals surface area contributed by atoms with Crippen molar-refractivity contribution in [3.05, 3.63) is 0 Å². The largest absolute Gasteiger partial charge is 0.396 e. The molecule has 0 aliphatic carbocycles. The maximum absolute atomic E-state index is 11.3. The van der Waals surface area contributed by atoms with Gasteiger partial charge >= 0.3 is 0 Å². The lowest BCUT2D eigenvalue weighted by molar-refractivity contribution is -0.125. The van der Waals surface area contributed by atoms with Crippen molar-refractivity contribution in [3.63, 3.8) is 0 Å². The average molecular weight is 320 g/mol. The summed E-state index contributed by atoms with van der Waals surface area (Å²) < 4.78 is 5.28. The van der Waals surface area contributed by atoms with Gasteiger partial charge in [-0.05, 0) is 26.2 Å². The van der Waals surface area contributed by atoms with Crippen molar-refractivity contribution in [2.75, 3.05) is 13.7 Å². The fraction of sp³-hybridized carbons (Fsp3) is 0.857. The predicted octanol–water partition coefficient (Wildman–Crippen LogP) is -1.69. The molecule has 0 aromatic heterocycles. The first-order valence-electron chi connectivity index (χ1n) is 7.27. The molecule has 22 heavy (non-hydrogen) atoms. The second-order valence-corrected chi connectivity index (χ2v) is 5.37. The predicted molar refractivity (Wildman–Crippen MR) is 80.0 cm³/mol. The molecule has 6 N–H and O–H groups in total. The van der Waals surface area contributed by atoms with E-state index in [1.54, 1.807) is 0 Å². The number of amides is 1. The number of aliphatic hydroxyl groups excluding tert-OH is 3. The fourth-order valence-corrected chi connectivity index (χ4v) is 2.17. The van der Waals surface area contributed by atoms with E-state index in [4.69, 9.17) is 15.6 Å². The van der Waals surface area contributed by atoms with Gasteiger partial charge in [0.25, 0.3) is 0 Å². The summed E-state index contributed by atoms with van der Waals surface area (Å²) >= 11 is 0. The summed E-state index contributed by atoms with van der Waals surface area (Å²) in [7, 11) is 1.41. The second kappa shape index (κ2) is 10.6. The van der Waals surface area contributed by atoms with Crippen molar-refractivity contribution in [2.45, 2.75) is 63.5 Å². The molecular weight excluding hydrogens is 292 g/mol. The Kier molecular flexibility index (Phi) is 10.1. The van der Waals surface area contributed by atoms with Gasteiger partial charge in [-0.2, -0.15) is 0 Å². The molecule has 8 heteroatoms. The van der Waals surface area contributed by atoms with E-state index in [0.717, 1.165) is 0 Å². The first-order chi connectivity index (χ1) is 10.2. The van der Waals surface area contributed by atoms with Gasteiger partial charge in [0.15, 0.2) is 0 Å². The lowest BCUT2D eigenvalue weighted by Crippen LogP contribution is -2.55. The zero-order valence-electron chi connectivity index (χ0n) is 13.4. The SMILES string of the molecule is COC(CCC(N)C(C)=O)C(NC(C)=O)C(O)[C@@H](O)CCO. The lowest BCUT2D eigenvalue weighted by Gasteiger charge is -2.33. The number of carbonyl (C=O) groups is 2. The summed E-state index contributed by atoms with van der Waals surface area (Å²) in [5, 5.41) is 31.4. The molecule has 0 aliphatic rings. The van der Waals surface area contributed by atoms with E-state index in [0.29, 0.717) is 12.8 Å². The molecule has 0 bridgehead atoms. The molecule has 0 spiro atoms. The number of nitrogens with one attached hydrogen (secondary N) is 1. The van der Waals surface area contributed by atoms with Crippen LogP contribution in [0.4, 0.5) is 0 Å². The number of carbonyl (C=O) groups excluding carboxylic acids is 2. The summed E-state index contributed by atoms with van der Waals surface area (Å²) in [5.74, 6) is -0.551. The van der Waals surface area contributed by atoms with Gasteiger partial charge in [-0.15, -0.1) is 0 Å². The number of ether oxygens (including phenoxy) is 1. The van der Waals surface area contributed by atoms with Gasteiger partial charge in [0.05, 0.1) is 24.3 Å². The van der Waals surface area contributed by atoms with Crippen LogP contribution < -0.4 is 11.1 Å². The van der Waals surface area contributed by atoms with Crippen LogP contribution in [0.25, 0.3) is 0 Å². The van der Waals surface area contributed by atoms with Gasteiger partial charge in [-0.3, -0.25) is 9.59 Å². The van der Waals surface area contributed by atoms with Crippen molar-refractivity contribution in [3.8, 4) is 0 Å². The molecular formula is C14H28N2O6. The first-order valence-corrected chi connectivity index (χ1v) is 7.27. The van der Waals surface area contributed by atoms with Crippen LogP contribution in [0.2, 0.25) is 0 Å².